The minimum absolute atomic E-state index is 0.347. The van der Waals surface area contributed by atoms with E-state index in [1.165, 1.54) is 0 Å². The zero-order chi connectivity index (χ0) is 12.5. The molecule has 0 atom stereocenters. The first-order chi connectivity index (χ1) is 7.29. The third-order valence-corrected chi connectivity index (χ3v) is 2.90. The van der Waals surface area contributed by atoms with Crippen molar-refractivity contribution >= 4 is 19.7 Å². The lowest BCUT2D eigenvalue weighted by molar-refractivity contribution is 0.145. The van der Waals surface area contributed by atoms with Crippen LogP contribution in [0.25, 0.3) is 0 Å². The fourth-order valence-electron chi connectivity index (χ4n) is 0.927. The lowest BCUT2D eigenvalue weighted by atomic mass is 10.2. The number of nitriles is 1. The van der Waals surface area contributed by atoms with Gasteiger partial charge in [0.1, 0.15) is 22.2 Å². The molecule has 0 spiro atoms. The first-order valence-corrected chi connectivity index (χ1v) is 5.91. The van der Waals surface area contributed by atoms with E-state index in [0.29, 0.717) is 6.20 Å². The molecule has 0 saturated carbocycles. The molecule has 0 aliphatic carbocycles. The highest BCUT2D eigenvalue weighted by atomic mass is 35.7. The van der Waals surface area contributed by atoms with E-state index in [4.69, 9.17) is 15.9 Å². The van der Waals surface area contributed by atoms with Crippen molar-refractivity contribution in [3.63, 3.8) is 0 Å². The molecule has 0 unspecified atom stereocenters. The second-order valence-corrected chi connectivity index (χ2v) is 5.08. The first-order valence-electron chi connectivity index (χ1n) is 3.60. The molecule has 1 aromatic rings. The number of halogens is 4. The van der Waals surface area contributed by atoms with Gasteiger partial charge in [-0.05, 0) is 0 Å². The van der Waals surface area contributed by atoms with Crippen molar-refractivity contribution in [3.05, 3.63) is 23.3 Å². The van der Waals surface area contributed by atoms with E-state index in [9.17, 15) is 21.6 Å². The maximum atomic E-state index is 13.3. The SMILES string of the molecule is N#Cc1c(C(F)F)ncc(S(=O)(=O)Cl)c1F. The van der Waals surface area contributed by atoms with Crippen molar-refractivity contribution in [3.8, 4) is 6.07 Å². The summed E-state index contributed by atoms with van der Waals surface area (Å²) in [5.41, 5.74) is -2.25. The number of pyridine rings is 1. The molecular weight excluding hydrogens is 269 g/mol. The Balaban J connectivity index is 3.61. The summed E-state index contributed by atoms with van der Waals surface area (Å²) in [6, 6.07) is 1.12. The fourth-order valence-corrected chi connectivity index (χ4v) is 1.74. The third kappa shape index (κ3) is 2.25. The molecule has 0 bridgehead atoms. The van der Waals surface area contributed by atoms with E-state index in [1.807, 2.05) is 0 Å². The lowest BCUT2D eigenvalue weighted by Crippen LogP contribution is -2.05. The van der Waals surface area contributed by atoms with Crippen LogP contribution in [-0.4, -0.2) is 13.4 Å². The van der Waals surface area contributed by atoms with Crippen LogP contribution in [0, 0.1) is 17.1 Å². The number of alkyl halides is 2. The molecule has 4 nitrogen and oxygen atoms in total. The molecule has 0 aliphatic heterocycles. The van der Waals surface area contributed by atoms with Crippen LogP contribution in [0.3, 0.4) is 0 Å². The second-order valence-electron chi connectivity index (χ2n) is 2.55. The monoisotopic (exact) mass is 270 g/mol. The summed E-state index contributed by atoms with van der Waals surface area (Å²) in [7, 11) is 0.350. The molecule has 0 fully saturated rings. The first kappa shape index (κ1) is 12.7. The van der Waals surface area contributed by atoms with Gasteiger partial charge in [0.05, 0.1) is 6.20 Å². The molecule has 0 aromatic carbocycles. The molecule has 0 aliphatic rings. The normalized spacial score (nSPS) is 11.5. The van der Waals surface area contributed by atoms with Gasteiger partial charge in [0.25, 0.3) is 15.5 Å². The van der Waals surface area contributed by atoms with Crippen LogP contribution < -0.4 is 0 Å². The average Bonchev–Trinajstić information content (AvgIpc) is 2.14. The van der Waals surface area contributed by atoms with E-state index in [-0.39, 0.29) is 0 Å². The van der Waals surface area contributed by atoms with Crippen LogP contribution in [0.1, 0.15) is 17.7 Å². The molecule has 0 radical (unpaired) electrons. The van der Waals surface area contributed by atoms with Gasteiger partial charge in [0, 0.05) is 10.7 Å². The van der Waals surface area contributed by atoms with Crippen LogP contribution >= 0.6 is 10.7 Å². The molecule has 1 aromatic heterocycles. The molecule has 1 heterocycles. The van der Waals surface area contributed by atoms with Gasteiger partial charge in [-0.15, -0.1) is 0 Å². The minimum atomic E-state index is -4.47. The molecule has 0 saturated heterocycles. The second kappa shape index (κ2) is 4.27. The molecular formula is C7H2ClF3N2O2S. The summed E-state index contributed by atoms with van der Waals surface area (Å²) in [4.78, 5) is 1.90. The van der Waals surface area contributed by atoms with Crippen molar-refractivity contribution in [2.45, 2.75) is 11.3 Å². The fraction of sp³-hybridized carbons (Fsp3) is 0.143. The van der Waals surface area contributed by atoms with Crippen molar-refractivity contribution in [2.24, 2.45) is 0 Å². The Hall–Kier alpha value is -1.33. The summed E-state index contributed by atoms with van der Waals surface area (Å²) < 4.78 is 59.4. The minimum Gasteiger partial charge on any atom is -0.252 e. The van der Waals surface area contributed by atoms with Crippen molar-refractivity contribution in [1.82, 2.24) is 4.98 Å². The lowest BCUT2D eigenvalue weighted by Gasteiger charge is -2.04. The van der Waals surface area contributed by atoms with Gasteiger partial charge in [0.15, 0.2) is 5.82 Å². The Kier molecular flexibility index (Phi) is 3.40. The summed E-state index contributed by atoms with van der Waals surface area (Å²) in [5.74, 6) is -1.62. The number of aromatic nitrogens is 1. The van der Waals surface area contributed by atoms with E-state index < -0.39 is 37.4 Å². The molecule has 0 N–H and O–H groups in total. The maximum Gasteiger partial charge on any atom is 0.281 e. The number of hydrogen-bond acceptors (Lipinski definition) is 4. The molecule has 9 heteroatoms. The van der Waals surface area contributed by atoms with Crippen LogP contribution in [0.2, 0.25) is 0 Å². The summed E-state index contributed by atoms with van der Waals surface area (Å²) in [6.07, 6.45) is -2.84. The molecule has 16 heavy (non-hydrogen) atoms. The molecule has 0 amide bonds. The van der Waals surface area contributed by atoms with Crippen molar-refractivity contribution < 1.29 is 21.6 Å². The van der Waals surface area contributed by atoms with Gasteiger partial charge in [-0.1, -0.05) is 0 Å². The van der Waals surface area contributed by atoms with Crippen LogP contribution in [0.15, 0.2) is 11.1 Å². The van der Waals surface area contributed by atoms with Gasteiger partial charge in [0.2, 0.25) is 0 Å². The topological polar surface area (TPSA) is 70.8 Å². The average molecular weight is 271 g/mol. The van der Waals surface area contributed by atoms with Gasteiger partial charge >= 0.3 is 0 Å². The highest BCUT2D eigenvalue weighted by Gasteiger charge is 2.26. The van der Waals surface area contributed by atoms with Gasteiger partial charge < -0.3 is 0 Å². The van der Waals surface area contributed by atoms with E-state index in [0.717, 1.165) is 6.07 Å². The van der Waals surface area contributed by atoms with Gasteiger partial charge in [-0.2, -0.15) is 5.26 Å². The largest absolute Gasteiger partial charge is 0.281 e. The highest BCUT2D eigenvalue weighted by Crippen LogP contribution is 2.27. The Morgan fingerprint density at radius 3 is 2.44 bits per heavy atom. The summed E-state index contributed by atoms with van der Waals surface area (Å²) in [5, 5.41) is 8.44. The van der Waals surface area contributed by atoms with Crippen molar-refractivity contribution in [1.29, 1.82) is 5.26 Å². The Labute approximate surface area is 92.7 Å². The number of rotatable bonds is 2. The molecule has 1 rings (SSSR count). The standard InChI is InChI=1S/C7H2ClF3N2O2S/c8-16(14,15)4-2-13-6(7(10)11)3(1-12)5(4)9/h2,7H. The quantitative estimate of drug-likeness (QED) is 0.770. The Morgan fingerprint density at radius 2 is 2.06 bits per heavy atom. The predicted octanol–water partition coefficient (Wildman–Crippen LogP) is 1.96. The van der Waals surface area contributed by atoms with E-state index in [1.54, 1.807) is 0 Å². The Morgan fingerprint density at radius 1 is 1.50 bits per heavy atom. The number of nitrogens with zero attached hydrogens (tertiary/aromatic N) is 2. The highest BCUT2D eigenvalue weighted by molar-refractivity contribution is 8.13. The van der Waals surface area contributed by atoms with Crippen molar-refractivity contribution in [2.75, 3.05) is 0 Å². The zero-order valence-electron chi connectivity index (χ0n) is 7.29. The van der Waals surface area contributed by atoms with Crippen LogP contribution in [-0.2, 0) is 9.05 Å². The number of hydrogen-bond donors (Lipinski definition) is 0. The predicted molar refractivity (Wildman–Crippen MR) is 46.9 cm³/mol. The maximum absolute atomic E-state index is 13.3. The van der Waals surface area contributed by atoms with Gasteiger partial charge in [-0.3, -0.25) is 4.98 Å². The smallest absolute Gasteiger partial charge is 0.252 e. The van der Waals surface area contributed by atoms with E-state index in [2.05, 4.69) is 4.98 Å². The van der Waals surface area contributed by atoms with Gasteiger partial charge in [-0.25, -0.2) is 21.6 Å². The third-order valence-electron chi connectivity index (χ3n) is 1.59. The summed E-state index contributed by atoms with van der Waals surface area (Å²) in [6.45, 7) is 0. The Bertz CT molecular complexity index is 568. The van der Waals surface area contributed by atoms with Crippen LogP contribution in [0.5, 0.6) is 0 Å². The zero-order valence-corrected chi connectivity index (χ0v) is 8.86. The summed E-state index contributed by atoms with van der Waals surface area (Å²) >= 11 is 0. The molecule has 86 valence electrons. The van der Waals surface area contributed by atoms with E-state index >= 15 is 0 Å². The van der Waals surface area contributed by atoms with Crippen LogP contribution in [0.4, 0.5) is 13.2 Å².